The van der Waals surface area contributed by atoms with Crippen LogP contribution in [0.15, 0.2) is 42.6 Å². The third-order valence-corrected chi connectivity index (χ3v) is 5.88. The Hall–Kier alpha value is -2.58. The summed E-state index contributed by atoms with van der Waals surface area (Å²) in [4.78, 5) is 6.89. The number of hydrogen-bond donors (Lipinski definition) is 1. The Kier molecular flexibility index (Phi) is 5.00. The van der Waals surface area contributed by atoms with Gasteiger partial charge in [0.1, 0.15) is 11.5 Å². The van der Waals surface area contributed by atoms with E-state index in [4.69, 9.17) is 10.00 Å². The molecule has 4 atom stereocenters. The quantitative estimate of drug-likeness (QED) is 0.880. The molecule has 5 nitrogen and oxygen atoms in total. The molecule has 1 saturated heterocycles. The Morgan fingerprint density at radius 2 is 1.89 bits per heavy atom. The fraction of sp³-hybridized carbons (Fsp3) is 0.455. The Labute approximate surface area is 160 Å². The molecule has 140 valence electrons. The van der Waals surface area contributed by atoms with Crippen LogP contribution in [0.25, 0.3) is 0 Å². The summed E-state index contributed by atoms with van der Waals surface area (Å²) in [7, 11) is 0. The summed E-state index contributed by atoms with van der Waals surface area (Å²) in [6.07, 6.45) is 4.02. The van der Waals surface area contributed by atoms with Crippen molar-refractivity contribution in [1.29, 1.82) is 5.26 Å². The summed E-state index contributed by atoms with van der Waals surface area (Å²) < 4.78 is 6.15. The van der Waals surface area contributed by atoms with Crippen molar-refractivity contribution >= 4 is 0 Å². The Bertz CT molecular complexity index is 799. The highest BCUT2D eigenvalue weighted by Crippen LogP contribution is 2.40. The van der Waals surface area contributed by atoms with Crippen LogP contribution in [0.2, 0.25) is 0 Å². The summed E-state index contributed by atoms with van der Waals surface area (Å²) in [6, 6.07) is 13.2. The van der Waals surface area contributed by atoms with Gasteiger partial charge in [0, 0.05) is 31.2 Å². The number of benzene rings is 1. The normalized spacial score (nSPS) is 25.7. The van der Waals surface area contributed by atoms with Gasteiger partial charge in [-0.3, -0.25) is 4.98 Å². The van der Waals surface area contributed by atoms with Crippen LogP contribution in [0.1, 0.15) is 36.9 Å². The summed E-state index contributed by atoms with van der Waals surface area (Å²) in [6.45, 7) is 5.46. The molecule has 1 saturated carbocycles. The van der Waals surface area contributed by atoms with E-state index in [-0.39, 0.29) is 11.9 Å². The summed E-state index contributed by atoms with van der Waals surface area (Å²) in [5.41, 5.74) is 1.70. The Morgan fingerprint density at radius 1 is 1.19 bits per heavy atom. The van der Waals surface area contributed by atoms with Crippen LogP contribution >= 0.6 is 0 Å². The van der Waals surface area contributed by atoms with E-state index in [9.17, 15) is 5.11 Å². The van der Waals surface area contributed by atoms with Gasteiger partial charge in [-0.1, -0.05) is 6.92 Å². The number of likely N-dealkylation sites (tertiary alicyclic amines) is 1. The minimum atomic E-state index is 0.218. The van der Waals surface area contributed by atoms with E-state index >= 15 is 0 Å². The van der Waals surface area contributed by atoms with Crippen LogP contribution in [0.5, 0.6) is 11.5 Å². The minimum Gasteiger partial charge on any atom is -0.506 e. The average Bonchev–Trinajstić information content (AvgIpc) is 3.20. The Morgan fingerprint density at radius 3 is 2.48 bits per heavy atom. The predicted molar refractivity (Wildman–Crippen MR) is 103 cm³/mol. The van der Waals surface area contributed by atoms with Gasteiger partial charge in [-0.05, 0) is 61.1 Å². The number of fused-ring (bicyclic) bond motifs is 1. The smallest absolute Gasteiger partial charge is 0.133 e. The van der Waals surface area contributed by atoms with Crippen LogP contribution in [0, 0.1) is 23.2 Å². The van der Waals surface area contributed by atoms with E-state index in [2.05, 4.69) is 22.9 Å². The molecule has 2 heterocycles. The molecule has 1 aliphatic heterocycles. The van der Waals surface area contributed by atoms with Gasteiger partial charge in [-0.2, -0.15) is 5.26 Å². The van der Waals surface area contributed by atoms with Gasteiger partial charge in [0.2, 0.25) is 0 Å². The number of hydrogen-bond acceptors (Lipinski definition) is 5. The monoisotopic (exact) mass is 363 g/mol. The van der Waals surface area contributed by atoms with Gasteiger partial charge in [0.15, 0.2) is 0 Å². The van der Waals surface area contributed by atoms with Crippen molar-refractivity contribution in [2.45, 2.75) is 31.8 Å². The molecule has 1 aromatic heterocycles. The SMILES string of the molecule is CC(CN1C[C@H]2C[C@H](Oc3ccc(C#N)cc3)C[C@H]2C1)c1ccc(O)cn1. The van der Waals surface area contributed by atoms with Crippen molar-refractivity contribution < 1.29 is 9.84 Å². The number of ether oxygens (including phenoxy) is 1. The lowest BCUT2D eigenvalue weighted by atomic mass is 10.0. The third kappa shape index (κ3) is 4.06. The molecule has 27 heavy (non-hydrogen) atoms. The zero-order valence-electron chi connectivity index (χ0n) is 15.6. The lowest BCUT2D eigenvalue weighted by Crippen LogP contribution is -2.28. The zero-order valence-corrected chi connectivity index (χ0v) is 15.6. The molecule has 4 rings (SSSR count). The minimum absolute atomic E-state index is 0.218. The lowest BCUT2D eigenvalue weighted by molar-refractivity contribution is 0.184. The number of rotatable bonds is 5. The molecule has 5 heteroatoms. The third-order valence-electron chi connectivity index (χ3n) is 5.88. The summed E-state index contributed by atoms with van der Waals surface area (Å²) in [5, 5.41) is 18.3. The topological polar surface area (TPSA) is 69.4 Å². The first kappa shape index (κ1) is 17.8. The van der Waals surface area contributed by atoms with E-state index < -0.39 is 0 Å². The Balaban J connectivity index is 1.27. The largest absolute Gasteiger partial charge is 0.506 e. The molecule has 0 bridgehead atoms. The van der Waals surface area contributed by atoms with E-state index in [0.717, 1.165) is 43.9 Å². The van der Waals surface area contributed by atoms with Gasteiger partial charge < -0.3 is 14.7 Å². The first-order chi connectivity index (χ1) is 13.1. The fourth-order valence-electron chi connectivity index (χ4n) is 4.56. The molecule has 1 aliphatic carbocycles. The molecule has 2 aliphatic rings. The molecule has 1 aromatic carbocycles. The van der Waals surface area contributed by atoms with Crippen LogP contribution in [0.4, 0.5) is 0 Å². The maximum atomic E-state index is 9.39. The summed E-state index contributed by atoms with van der Waals surface area (Å²) >= 11 is 0. The summed E-state index contributed by atoms with van der Waals surface area (Å²) in [5.74, 6) is 2.84. The predicted octanol–water partition coefficient (Wildman–Crippen LogP) is 3.55. The average molecular weight is 363 g/mol. The van der Waals surface area contributed by atoms with E-state index in [1.807, 2.05) is 30.3 Å². The number of pyridine rings is 1. The molecule has 1 unspecified atom stereocenters. The fourth-order valence-corrected chi connectivity index (χ4v) is 4.56. The van der Waals surface area contributed by atoms with Crippen molar-refractivity contribution in [1.82, 2.24) is 9.88 Å². The van der Waals surface area contributed by atoms with Crippen LogP contribution in [-0.4, -0.2) is 40.7 Å². The van der Waals surface area contributed by atoms with Gasteiger partial charge in [0.25, 0.3) is 0 Å². The van der Waals surface area contributed by atoms with Gasteiger partial charge >= 0.3 is 0 Å². The van der Waals surface area contributed by atoms with Crippen molar-refractivity contribution in [3.63, 3.8) is 0 Å². The van der Waals surface area contributed by atoms with Crippen LogP contribution in [-0.2, 0) is 0 Å². The van der Waals surface area contributed by atoms with Crippen molar-refractivity contribution in [2.24, 2.45) is 11.8 Å². The molecule has 0 amide bonds. The number of nitrogens with zero attached hydrogens (tertiary/aromatic N) is 3. The second kappa shape index (κ2) is 7.58. The first-order valence-corrected chi connectivity index (χ1v) is 9.65. The molecular weight excluding hydrogens is 338 g/mol. The highest BCUT2D eigenvalue weighted by atomic mass is 16.5. The van der Waals surface area contributed by atoms with Gasteiger partial charge in [0.05, 0.1) is 23.9 Å². The van der Waals surface area contributed by atoms with Crippen molar-refractivity contribution in [3.8, 4) is 17.6 Å². The molecule has 2 fully saturated rings. The second-order valence-corrected chi connectivity index (χ2v) is 7.93. The number of nitriles is 1. The van der Waals surface area contributed by atoms with Crippen molar-refractivity contribution in [2.75, 3.05) is 19.6 Å². The van der Waals surface area contributed by atoms with Gasteiger partial charge in [-0.15, -0.1) is 0 Å². The highest BCUT2D eigenvalue weighted by molar-refractivity contribution is 5.34. The highest BCUT2D eigenvalue weighted by Gasteiger charge is 2.42. The van der Waals surface area contributed by atoms with E-state index in [0.29, 0.717) is 23.3 Å². The van der Waals surface area contributed by atoms with Crippen LogP contribution < -0.4 is 4.74 Å². The molecule has 0 spiro atoms. The first-order valence-electron chi connectivity index (χ1n) is 9.65. The van der Waals surface area contributed by atoms with E-state index in [1.54, 1.807) is 6.07 Å². The number of aromatic hydroxyl groups is 1. The molecule has 1 N–H and O–H groups in total. The molecule has 0 radical (unpaired) electrons. The standard InChI is InChI=1S/C22H25N3O2/c1-15(22-7-4-19(26)11-24-22)12-25-13-17-8-21(9-18(17)14-25)27-20-5-2-16(10-23)3-6-20/h2-7,11,15,17-18,21,26H,8-9,12-14H2,1H3/t15?,17-,18+,21+. The number of aromatic nitrogens is 1. The van der Waals surface area contributed by atoms with Crippen molar-refractivity contribution in [3.05, 3.63) is 53.9 Å². The molecule has 2 aromatic rings. The maximum Gasteiger partial charge on any atom is 0.133 e. The maximum absolute atomic E-state index is 9.39. The second-order valence-electron chi connectivity index (χ2n) is 7.93. The van der Waals surface area contributed by atoms with Gasteiger partial charge in [-0.25, -0.2) is 0 Å². The lowest BCUT2D eigenvalue weighted by Gasteiger charge is -2.23. The van der Waals surface area contributed by atoms with E-state index in [1.165, 1.54) is 6.20 Å². The van der Waals surface area contributed by atoms with Crippen LogP contribution in [0.3, 0.4) is 0 Å². The molecular formula is C22H25N3O2. The zero-order chi connectivity index (χ0) is 18.8.